The maximum atomic E-state index is 12.4. The molecule has 0 saturated carbocycles. The molecule has 8 heteroatoms. The number of benzene rings is 2. The number of nitrogens with two attached hydrogens (primary N) is 1. The van der Waals surface area contributed by atoms with Gasteiger partial charge in [0.1, 0.15) is 11.5 Å². The third kappa shape index (κ3) is 4.17. The molecule has 0 unspecified atom stereocenters. The number of ether oxygens (including phenoxy) is 1. The van der Waals surface area contributed by atoms with E-state index in [-0.39, 0.29) is 22.3 Å². The lowest BCUT2D eigenvalue weighted by atomic mass is 10.2. The van der Waals surface area contributed by atoms with E-state index in [1.54, 1.807) is 24.3 Å². The van der Waals surface area contributed by atoms with Gasteiger partial charge < -0.3 is 15.6 Å². The number of hydrogen-bond acceptors (Lipinski definition) is 5. The largest absolute Gasteiger partial charge is 0.507 e. The van der Waals surface area contributed by atoms with Crippen molar-refractivity contribution < 1.29 is 23.1 Å². The van der Waals surface area contributed by atoms with Crippen molar-refractivity contribution in [3.63, 3.8) is 0 Å². The van der Waals surface area contributed by atoms with Gasteiger partial charge in [-0.15, -0.1) is 0 Å². The van der Waals surface area contributed by atoms with Crippen molar-refractivity contribution in [1.29, 1.82) is 0 Å². The zero-order valence-electron chi connectivity index (χ0n) is 13.2. The number of carbonyl (C=O) groups is 1. The Bertz CT molecular complexity index is 863. The predicted molar refractivity (Wildman–Crippen MR) is 89.6 cm³/mol. The summed E-state index contributed by atoms with van der Waals surface area (Å²) in [5.41, 5.74) is 5.15. The number of phenols is 1. The van der Waals surface area contributed by atoms with E-state index in [2.05, 4.69) is 4.72 Å². The molecule has 2 aromatic carbocycles. The van der Waals surface area contributed by atoms with Gasteiger partial charge >= 0.3 is 0 Å². The van der Waals surface area contributed by atoms with Crippen LogP contribution >= 0.6 is 0 Å². The minimum atomic E-state index is -3.96. The molecule has 0 bridgehead atoms. The topological polar surface area (TPSA) is 119 Å². The quantitative estimate of drug-likeness (QED) is 0.737. The number of aromatic hydroxyl groups is 1. The lowest BCUT2D eigenvalue weighted by Gasteiger charge is -2.13. The molecular weight excluding hydrogens is 332 g/mol. The number of rotatable bonds is 6. The van der Waals surface area contributed by atoms with Crippen LogP contribution in [0.2, 0.25) is 0 Å². The summed E-state index contributed by atoms with van der Waals surface area (Å²) in [5, 5.41) is 9.55. The van der Waals surface area contributed by atoms with Crippen molar-refractivity contribution in [1.82, 2.24) is 0 Å². The number of carbonyl (C=O) groups excluding carboxylic acids is 1. The molecule has 0 spiro atoms. The van der Waals surface area contributed by atoms with E-state index in [0.717, 1.165) is 12.1 Å². The molecule has 4 N–H and O–H groups in total. The van der Waals surface area contributed by atoms with Crippen molar-refractivity contribution >= 4 is 21.6 Å². The molecule has 0 radical (unpaired) electrons. The van der Waals surface area contributed by atoms with E-state index in [4.69, 9.17) is 10.5 Å². The van der Waals surface area contributed by atoms with Crippen LogP contribution in [0.3, 0.4) is 0 Å². The van der Waals surface area contributed by atoms with Gasteiger partial charge in [0.05, 0.1) is 22.3 Å². The summed E-state index contributed by atoms with van der Waals surface area (Å²) >= 11 is 0. The van der Waals surface area contributed by atoms with Crippen LogP contribution in [0.25, 0.3) is 0 Å². The van der Waals surface area contributed by atoms with Gasteiger partial charge in [-0.3, -0.25) is 9.52 Å². The van der Waals surface area contributed by atoms with E-state index in [0.29, 0.717) is 11.4 Å². The van der Waals surface area contributed by atoms with Gasteiger partial charge in [0.15, 0.2) is 0 Å². The molecule has 0 aromatic heterocycles. The van der Waals surface area contributed by atoms with Crippen molar-refractivity contribution in [2.24, 2.45) is 5.73 Å². The fourth-order valence-corrected chi connectivity index (χ4v) is 3.07. The summed E-state index contributed by atoms with van der Waals surface area (Å²) in [7, 11) is -3.96. The molecule has 0 atom stereocenters. The summed E-state index contributed by atoms with van der Waals surface area (Å²) in [6.07, 6.45) is -0.0490. The highest BCUT2D eigenvalue weighted by atomic mass is 32.2. The van der Waals surface area contributed by atoms with E-state index in [9.17, 15) is 18.3 Å². The van der Waals surface area contributed by atoms with Gasteiger partial charge in [0.25, 0.3) is 15.9 Å². The smallest absolute Gasteiger partial charge is 0.261 e. The molecule has 0 aliphatic heterocycles. The molecule has 2 rings (SSSR count). The summed E-state index contributed by atoms with van der Waals surface area (Å²) < 4.78 is 32.8. The Morgan fingerprint density at radius 2 is 1.92 bits per heavy atom. The second-order valence-corrected chi connectivity index (χ2v) is 7.03. The van der Waals surface area contributed by atoms with Crippen molar-refractivity contribution in [3.8, 4) is 11.5 Å². The van der Waals surface area contributed by atoms with Gasteiger partial charge in [0.2, 0.25) is 0 Å². The third-order valence-corrected chi connectivity index (χ3v) is 4.38. The van der Waals surface area contributed by atoms with E-state index < -0.39 is 15.9 Å². The normalized spacial score (nSPS) is 11.3. The van der Waals surface area contributed by atoms with Gasteiger partial charge in [0, 0.05) is 6.07 Å². The number of amides is 1. The molecule has 1 amide bonds. The molecule has 2 aromatic rings. The number of primary amides is 1. The molecule has 24 heavy (non-hydrogen) atoms. The first-order valence-corrected chi connectivity index (χ1v) is 8.60. The molecule has 0 heterocycles. The van der Waals surface area contributed by atoms with E-state index in [1.807, 2.05) is 13.8 Å². The Morgan fingerprint density at radius 1 is 1.21 bits per heavy atom. The predicted octanol–water partition coefficient (Wildman–Crippen LogP) is 2.08. The van der Waals surface area contributed by atoms with E-state index in [1.165, 1.54) is 6.07 Å². The second kappa shape index (κ2) is 6.79. The van der Waals surface area contributed by atoms with Crippen molar-refractivity contribution in [3.05, 3.63) is 48.0 Å². The molecule has 0 saturated heterocycles. The monoisotopic (exact) mass is 350 g/mol. The SMILES string of the molecule is CC(C)Oc1cccc(NS(=O)(=O)c2ccc(O)c(C(N)=O)c2)c1. The Balaban J connectivity index is 2.32. The molecule has 128 valence electrons. The van der Waals surface area contributed by atoms with Crippen LogP contribution in [0, 0.1) is 0 Å². The van der Waals surface area contributed by atoms with Crippen LogP contribution in [0.15, 0.2) is 47.4 Å². The fraction of sp³-hybridized carbons (Fsp3) is 0.188. The first kappa shape index (κ1) is 17.6. The molecule has 0 aliphatic rings. The number of anilines is 1. The fourth-order valence-electron chi connectivity index (χ4n) is 2.00. The summed E-state index contributed by atoms with van der Waals surface area (Å²) in [4.78, 5) is 11.0. The Kier molecular flexibility index (Phi) is 4.99. The second-order valence-electron chi connectivity index (χ2n) is 5.34. The van der Waals surface area contributed by atoms with Gasteiger partial charge in [-0.1, -0.05) is 6.07 Å². The number of sulfonamides is 1. The molecular formula is C16H18N2O5S. The average Bonchev–Trinajstić information content (AvgIpc) is 2.46. The summed E-state index contributed by atoms with van der Waals surface area (Å²) in [6.45, 7) is 3.72. The first-order valence-electron chi connectivity index (χ1n) is 7.11. The summed E-state index contributed by atoms with van der Waals surface area (Å²) in [5.74, 6) is -0.778. The third-order valence-electron chi connectivity index (χ3n) is 3.00. The zero-order valence-corrected chi connectivity index (χ0v) is 14.0. The van der Waals surface area contributed by atoms with Crippen LogP contribution < -0.4 is 15.2 Å². The molecule has 7 nitrogen and oxygen atoms in total. The van der Waals surface area contributed by atoms with Crippen LogP contribution in [0.4, 0.5) is 5.69 Å². The van der Waals surface area contributed by atoms with Crippen LogP contribution in [-0.4, -0.2) is 25.5 Å². The maximum absolute atomic E-state index is 12.4. The minimum absolute atomic E-state index is 0.0490. The Morgan fingerprint density at radius 3 is 2.54 bits per heavy atom. The van der Waals surface area contributed by atoms with Gasteiger partial charge in [-0.25, -0.2) is 8.42 Å². The van der Waals surface area contributed by atoms with Crippen LogP contribution in [0.1, 0.15) is 24.2 Å². The first-order chi connectivity index (χ1) is 11.2. The highest BCUT2D eigenvalue weighted by Gasteiger charge is 2.18. The average molecular weight is 350 g/mol. The number of hydrogen-bond donors (Lipinski definition) is 3. The molecule has 0 aliphatic carbocycles. The maximum Gasteiger partial charge on any atom is 0.261 e. The van der Waals surface area contributed by atoms with Gasteiger partial charge in [-0.2, -0.15) is 0 Å². The van der Waals surface area contributed by atoms with E-state index >= 15 is 0 Å². The standard InChI is InChI=1S/C16H18N2O5S/c1-10(2)23-12-5-3-4-11(8-12)18-24(21,22)13-6-7-15(19)14(9-13)16(17)20/h3-10,18-19H,1-2H3,(H2,17,20). The minimum Gasteiger partial charge on any atom is -0.507 e. The highest BCUT2D eigenvalue weighted by molar-refractivity contribution is 7.92. The highest BCUT2D eigenvalue weighted by Crippen LogP contribution is 2.24. The summed E-state index contributed by atoms with van der Waals surface area (Å²) in [6, 6.07) is 9.79. The number of nitrogens with one attached hydrogen (secondary N) is 1. The molecule has 0 fully saturated rings. The van der Waals surface area contributed by atoms with Crippen LogP contribution in [-0.2, 0) is 10.0 Å². The Hall–Kier alpha value is -2.74. The van der Waals surface area contributed by atoms with Crippen molar-refractivity contribution in [2.75, 3.05) is 4.72 Å². The van der Waals surface area contributed by atoms with Crippen molar-refractivity contribution in [2.45, 2.75) is 24.8 Å². The lowest BCUT2D eigenvalue weighted by molar-refractivity contribution is 0.0997. The zero-order chi connectivity index (χ0) is 17.9. The van der Waals surface area contributed by atoms with Crippen LogP contribution in [0.5, 0.6) is 11.5 Å². The Labute approximate surface area is 140 Å². The van der Waals surface area contributed by atoms with Gasteiger partial charge in [-0.05, 0) is 44.2 Å². The lowest BCUT2D eigenvalue weighted by Crippen LogP contribution is -2.16.